The molecule has 0 bridgehead atoms. The SMILES string of the molecule is CON(C)C(=O)Nc1cccc(OCCC(c2ccccc2)c2ccccc2)c1. The maximum Gasteiger partial charge on any atom is 0.345 e. The van der Waals surface area contributed by atoms with Gasteiger partial charge >= 0.3 is 6.03 Å². The van der Waals surface area contributed by atoms with Gasteiger partial charge in [0.05, 0.1) is 13.7 Å². The van der Waals surface area contributed by atoms with E-state index >= 15 is 0 Å². The number of urea groups is 1. The summed E-state index contributed by atoms with van der Waals surface area (Å²) in [5, 5.41) is 3.89. The van der Waals surface area contributed by atoms with E-state index in [1.807, 2.05) is 30.3 Å². The Morgan fingerprint density at radius 3 is 2.14 bits per heavy atom. The number of carbonyl (C=O) groups is 1. The van der Waals surface area contributed by atoms with Crippen molar-refractivity contribution in [1.82, 2.24) is 5.06 Å². The summed E-state index contributed by atoms with van der Waals surface area (Å²) in [6, 6.07) is 27.9. The molecule has 0 radical (unpaired) electrons. The highest BCUT2D eigenvalue weighted by atomic mass is 16.7. The molecule has 0 saturated carbocycles. The van der Waals surface area contributed by atoms with Crippen molar-refractivity contribution in [2.75, 3.05) is 26.1 Å². The Hall–Kier alpha value is -3.31. The van der Waals surface area contributed by atoms with Gasteiger partial charge in [0.15, 0.2) is 0 Å². The van der Waals surface area contributed by atoms with Crippen LogP contribution in [0.2, 0.25) is 0 Å². The van der Waals surface area contributed by atoms with Crippen molar-refractivity contribution >= 4 is 11.7 Å². The zero-order chi connectivity index (χ0) is 20.5. The highest BCUT2D eigenvalue weighted by Gasteiger charge is 2.14. The van der Waals surface area contributed by atoms with Crippen LogP contribution in [0.15, 0.2) is 84.9 Å². The summed E-state index contributed by atoms with van der Waals surface area (Å²) in [5.74, 6) is 0.971. The number of hydrogen-bond donors (Lipinski definition) is 1. The molecule has 5 nitrogen and oxygen atoms in total. The fraction of sp³-hybridized carbons (Fsp3) is 0.208. The van der Waals surface area contributed by atoms with Gasteiger partial charge in [0.2, 0.25) is 0 Å². The average Bonchev–Trinajstić information content (AvgIpc) is 2.77. The molecule has 2 amide bonds. The van der Waals surface area contributed by atoms with E-state index in [4.69, 9.17) is 9.57 Å². The topological polar surface area (TPSA) is 50.8 Å². The third-order valence-electron chi connectivity index (χ3n) is 4.72. The highest BCUT2D eigenvalue weighted by Crippen LogP contribution is 2.28. The first-order valence-corrected chi connectivity index (χ1v) is 9.59. The van der Waals surface area contributed by atoms with Gasteiger partial charge in [-0.2, -0.15) is 0 Å². The Balaban J connectivity index is 1.64. The standard InChI is InChI=1S/C24H26N2O3/c1-26(28-2)24(27)25-21-14-9-15-22(18-21)29-17-16-23(19-10-5-3-6-11-19)20-12-7-4-8-13-20/h3-15,18,23H,16-17H2,1-2H3,(H,25,27). The van der Waals surface area contributed by atoms with Crippen LogP contribution >= 0.6 is 0 Å². The molecule has 0 unspecified atom stereocenters. The fourth-order valence-electron chi connectivity index (χ4n) is 3.14. The number of hydrogen-bond acceptors (Lipinski definition) is 3. The lowest BCUT2D eigenvalue weighted by Crippen LogP contribution is -2.30. The predicted molar refractivity (Wildman–Crippen MR) is 115 cm³/mol. The number of ether oxygens (including phenoxy) is 1. The molecule has 1 N–H and O–H groups in total. The van der Waals surface area contributed by atoms with E-state index < -0.39 is 0 Å². The number of nitrogens with zero attached hydrogens (tertiary/aromatic N) is 1. The molecule has 3 aromatic carbocycles. The Morgan fingerprint density at radius 1 is 0.931 bits per heavy atom. The van der Waals surface area contributed by atoms with E-state index in [1.165, 1.54) is 18.2 Å². The van der Waals surface area contributed by atoms with Crippen molar-refractivity contribution in [2.45, 2.75) is 12.3 Å². The van der Waals surface area contributed by atoms with Crippen molar-refractivity contribution in [1.29, 1.82) is 0 Å². The average molecular weight is 390 g/mol. The molecule has 3 aromatic rings. The predicted octanol–water partition coefficient (Wildman–Crippen LogP) is 5.31. The van der Waals surface area contributed by atoms with Crippen LogP contribution in [0.1, 0.15) is 23.5 Å². The molecule has 0 heterocycles. The highest BCUT2D eigenvalue weighted by molar-refractivity contribution is 5.88. The van der Waals surface area contributed by atoms with Crippen LogP contribution in [0.25, 0.3) is 0 Å². The van der Waals surface area contributed by atoms with Crippen molar-refractivity contribution in [3.05, 3.63) is 96.1 Å². The second kappa shape index (κ2) is 10.3. The van der Waals surface area contributed by atoms with E-state index in [9.17, 15) is 4.79 Å². The van der Waals surface area contributed by atoms with Gasteiger partial charge in [-0.1, -0.05) is 66.7 Å². The molecule has 0 aromatic heterocycles. The molecule has 0 aliphatic rings. The molecule has 150 valence electrons. The Labute approximate surface area is 171 Å². The van der Waals surface area contributed by atoms with Crippen molar-refractivity contribution in [3.8, 4) is 5.75 Å². The Bertz CT molecular complexity index is 861. The summed E-state index contributed by atoms with van der Waals surface area (Å²) < 4.78 is 5.99. The van der Waals surface area contributed by atoms with Gasteiger partial charge in [0.25, 0.3) is 0 Å². The monoisotopic (exact) mass is 390 g/mol. The van der Waals surface area contributed by atoms with Crippen LogP contribution in [0.4, 0.5) is 10.5 Å². The molecule has 3 rings (SSSR count). The zero-order valence-electron chi connectivity index (χ0n) is 16.7. The Morgan fingerprint density at radius 2 is 1.55 bits per heavy atom. The van der Waals surface area contributed by atoms with Gasteiger partial charge in [-0.3, -0.25) is 4.84 Å². The van der Waals surface area contributed by atoms with Crippen molar-refractivity contribution < 1.29 is 14.4 Å². The van der Waals surface area contributed by atoms with Gasteiger partial charge in [0, 0.05) is 24.7 Å². The van der Waals surface area contributed by atoms with Gasteiger partial charge in [-0.05, 0) is 29.7 Å². The first-order valence-electron chi connectivity index (χ1n) is 9.59. The largest absolute Gasteiger partial charge is 0.493 e. The van der Waals surface area contributed by atoms with Gasteiger partial charge in [0.1, 0.15) is 5.75 Å². The van der Waals surface area contributed by atoms with Gasteiger partial charge in [-0.25, -0.2) is 9.86 Å². The first-order chi connectivity index (χ1) is 14.2. The minimum Gasteiger partial charge on any atom is -0.493 e. The number of anilines is 1. The first kappa shape index (κ1) is 20.4. The number of benzene rings is 3. The summed E-state index contributed by atoms with van der Waals surface area (Å²) in [5.41, 5.74) is 3.19. The lowest BCUT2D eigenvalue weighted by atomic mass is 9.89. The molecule has 0 aliphatic carbocycles. The molecule has 0 fully saturated rings. The second-order valence-corrected chi connectivity index (χ2v) is 6.65. The van der Waals surface area contributed by atoms with E-state index in [1.54, 1.807) is 13.1 Å². The molecule has 5 heteroatoms. The number of hydroxylamine groups is 2. The van der Waals surface area contributed by atoms with Crippen LogP contribution in [-0.4, -0.2) is 31.9 Å². The van der Waals surface area contributed by atoms with Crippen LogP contribution in [-0.2, 0) is 4.84 Å². The third-order valence-corrected chi connectivity index (χ3v) is 4.72. The number of amides is 2. The van der Waals surface area contributed by atoms with E-state index in [0.717, 1.165) is 11.5 Å². The molecule has 0 aliphatic heterocycles. The quantitative estimate of drug-likeness (QED) is 0.530. The minimum atomic E-state index is -0.349. The summed E-state index contributed by atoms with van der Waals surface area (Å²) in [4.78, 5) is 16.8. The van der Waals surface area contributed by atoms with E-state index in [2.05, 4.69) is 53.8 Å². The molecular formula is C24H26N2O3. The van der Waals surface area contributed by atoms with Crippen LogP contribution in [0.5, 0.6) is 5.75 Å². The molecule has 0 atom stereocenters. The van der Waals surface area contributed by atoms with E-state index in [-0.39, 0.29) is 11.9 Å². The second-order valence-electron chi connectivity index (χ2n) is 6.65. The van der Waals surface area contributed by atoms with Gasteiger partial charge < -0.3 is 10.1 Å². The smallest absolute Gasteiger partial charge is 0.345 e. The van der Waals surface area contributed by atoms with E-state index in [0.29, 0.717) is 18.0 Å². The van der Waals surface area contributed by atoms with Crippen molar-refractivity contribution in [3.63, 3.8) is 0 Å². The maximum atomic E-state index is 11.9. The summed E-state index contributed by atoms with van der Waals surface area (Å²) in [6.07, 6.45) is 0.844. The van der Waals surface area contributed by atoms with Crippen LogP contribution in [0.3, 0.4) is 0 Å². The van der Waals surface area contributed by atoms with Crippen molar-refractivity contribution in [2.24, 2.45) is 0 Å². The van der Waals surface area contributed by atoms with Crippen LogP contribution < -0.4 is 10.1 Å². The Kier molecular flexibility index (Phi) is 7.25. The molecule has 29 heavy (non-hydrogen) atoms. The third kappa shape index (κ3) is 5.83. The molecular weight excluding hydrogens is 364 g/mol. The number of carbonyl (C=O) groups excluding carboxylic acids is 1. The molecule has 0 saturated heterocycles. The number of nitrogens with one attached hydrogen (secondary N) is 1. The fourth-order valence-corrected chi connectivity index (χ4v) is 3.14. The lowest BCUT2D eigenvalue weighted by Gasteiger charge is -2.19. The summed E-state index contributed by atoms with van der Waals surface area (Å²) in [6.45, 7) is 0.559. The summed E-state index contributed by atoms with van der Waals surface area (Å²) in [7, 11) is 2.98. The summed E-state index contributed by atoms with van der Waals surface area (Å²) >= 11 is 0. The van der Waals surface area contributed by atoms with Gasteiger partial charge in [-0.15, -0.1) is 0 Å². The van der Waals surface area contributed by atoms with Crippen LogP contribution in [0, 0.1) is 0 Å². The number of rotatable bonds is 8. The zero-order valence-corrected chi connectivity index (χ0v) is 16.7. The lowest BCUT2D eigenvalue weighted by molar-refractivity contribution is -0.0598. The maximum absolute atomic E-state index is 11.9. The normalized spacial score (nSPS) is 10.6. The minimum absolute atomic E-state index is 0.260. The molecule has 0 spiro atoms.